The van der Waals surface area contributed by atoms with E-state index in [1.165, 1.54) is 0 Å². The van der Waals surface area contributed by atoms with Gasteiger partial charge in [0.25, 0.3) is 0 Å². The lowest BCUT2D eigenvalue weighted by molar-refractivity contribution is -0.122. The summed E-state index contributed by atoms with van der Waals surface area (Å²) in [5.41, 5.74) is 6.42. The summed E-state index contributed by atoms with van der Waals surface area (Å²) >= 11 is 8.12. The first-order valence-electron chi connectivity index (χ1n) is 4.82. The lowest BCUT2D eigenvalue weighted by Crippen LogP contribution is -2.35. The second-order valence-corrected chi connectivity index (χ2v) is 4.86. The minimum atomic E-state index is -0.429. The van der Waals surface area contributed by atoms with Crippen molar-refractivity contribution in [2.24, 2.45) is 11.7 Å². The van der Waals surface area contributed by atoms with Crippen LogP contribution in [0.4, 0.5) is 0 Å². The fraction of sp³-hybridized carbons (Fsp3) is 0.273. The van der Waals surface area contributed by atoms with Gasteiger partial charge >= 0.3 is 0 Å². The Balaban J connectivity index is 2.52. The highest BCUT2D eigenvalue weighted by Crippen LogP contribution is 2.11. The molecule has 0 saturated carbocycles. The van der Waals surface area contributed by atoms with Gasteiger partial charge < -0.3 is 11.1 Å². The normalized spacial score (nSPS) is 11.9. The molecule has 1 rings (SSSR count). The van der Waals surface area contributed by atoms with Crippen molar-refractivity contribution in [2.75, 3.05) is 0 Å². The van der Waals surface area contributed by atoms with E-state index in [2.05, 4.69) is 21.2 Å². The Morgan fingerprint density at radius 2 is 2.31 bits per heavy atom. The van der Waals surface area contributed by atoms with Crippen molar-refractivity contribution in [1.82, 2.24) is 5.32 Å². The first-order valence-corrected chi connectivity index (χ1v) is 6.02. The molecule has 0 aliphatic heterocycles. The molecule has 0 heterocycles. The van der Waals surface area contributed by atoms with Crippen molar-refractivity contribution >= 4 is 39.0 Å². The van der Waals surface area contributed by atoms with Crippen LogP contribution in [0.3, 0.4) is 0 Å². The molecule has 0 aromatic heterocycles. The molecule has 1 aromatic carbocycles. The molecule has 5 heteroatoms. The Kier molecular flexibility index (Phi) is 4.89. The van der Waals surface area contributed by atoms with Gasteiger partial charge in [-0.2, -0.15) is 0 Å². The SMILES string of the molecule is CC(C(=O)NCc1cccc(Br)c1)C(N)=S. The summed E-state index contributed by atoms with van der Waals surface area (Å²) in [5, 5.41) is 2.78. The largest absolute Gasteiger partial charge is 0.393 e. The van der Waals surface area contributed by atoms with E-state index in [0.717, 1.165) is 10.0 Å². The van der Waals surface area contributed by atoms with Crippen LogP contribution in [-0.2, 0) is 11.3 Å². The van der Waals surface area contributed by atoms with E-state index in [-0.39, 0.29) is 10.9 Å². The van der Waals surface area contributed by atoms with E-state index in [9.17, 15) is 4.79 Å². The predicted molar refractivity (Wildman–Crippen MR) is 71.9 cm³/mol. The minimum Gasteiger partial charge on any atom is -0.393 e. The zero-order valence-electron chi connectivity index (χ0n) is 8.87. The lowest BCUT2D eigenvalue weighted by Gasteiger charge is -2.10. The van der Waals surface area contributed by atoms with E-state index in [0.29, 0.717) is 6.54 Å². The maximum absolute atomic E-state index is 11.6. The van der Waals surface area contributed by atoms with Crippen molar-refractivity contribution in [3.05, 3.63) is 34.3 Å². The summed E-state index contributed by atoms with van der Waals surface area (Å²) in [6, 6.07) is 7.74. The number of halogens is 1. The van der Waals surface area contributed by atoms with Gasteiger partial charge in [0.15, 0.2) is 0 Å². The van der Waals surface area contributed by atoms with Crippen molar-refractivity contribution < 1.29 is 4.79 Å². The molecule has 3 N–H and O–H groups in total. The molecule has 1 atom stereocenters. The number of thiocarbonyl (C=S) groups is 1. The van der Waals surface area contributed by atoms with Gasteiger partial charge in [0.05, 0.1) is 10.9 Å². The number of hydrogen-bond donors (Lipinski definition) is 2. The van der Waals surface area contributed by atoms with Crippen LogP contribution in [0.2, 0.25) is 0 Å². The third kappa shape index (κ3) is 3.90. The van der Waals surface area contributed by atoms with Crippen molar-refractivity contribution in [2.45, 2.75) is 13.5 Å². The van der Waals surface area contributed by atoms with Crippen molar-refractivity contribution in [1.29, 1.82) is 0 Å². The summed E-state index contributed by atoms with van der Waals surface area (Å²) < 4.78 is 0.988. The number of carbonyl (C=O) groups excluding carboxylic acids is 1. The maximum atomic E-state index is 11.6. The number of hydrogen-bond acceptors (Lipinski definition) is 2. The first kappa shape index (κ1) is 13.1. The Labute approximate surface area is 109 Å². The average molecular weight is 301 g/mol. The molecule has 0 fully saturated rings. The fourth-order valence-corrected chi connectivity index (χ4v) is 1.67. The van der Waals surface area contributed by atoms with E-state index in [1.807, 2.05) is 24.3 Å². The quantitative estimate of drug-likeness (QED) is 0.836. The van der Waals surface area contributed by atoms with E-state index >= 15 is 0 Å². The standard InChI is InChI=1S/C11H13BrN2OS/c1-7(10(13)16)11(15)14-6-8-3-2-4-9(12)5-8/h2-5,7H,6H2,1H3,(H2,13,16)(H,14,15). The molecule has 16 heavy (non-hydrogen) atoms. The molecule has 3 nitrogen and oxygen atoms in total. The highest BCUT2D eigenvalue weighted by Gasteiger charge is 2.14. The molecule has 1 unspecified atom stereocenters. The zero-order chi connectivity index (χ0) is 12.1. The van der Waals surface area contributed by atoms with E-state index in [1.54, 1.807) is 6.92 Å². The summed E-state index contributed by atoms with van der Waals surface area (Å²) in [6.07, 6.45) is 0. The van der Waals surface area contributed by atoms with Gasteiger partial charge in [-0.25, -0.2) is 0 Å². The smallest absolute Gasteiger partial charge is 0.229 e. The highest BCUT2D eigenvalue weighted by molar-refractivity contribution is 9.10. The molecule has 1 aromatic rings. The number of nitrogens with one attached hydrogen (secondary N) is 1. The van der Waals surface area contributed by atoms with Crippen molar-refractivity contribution in [3.8, 4) is 0 Å². The second kappa shape index (κ2) is 5.96. The van der Waals surface area contributed by atoms with E-state index in [4.69, 9.17) is 18.0 Å². The second-order valence-electron chi connectivity index (χ2n) is 3.47. The third-order valence-corrected chi connectivity index (χ3v) is 3.02. The number of amides is 1. The lowest BCUT2D eigenvalue weighted by atomic mass is 10.1. The Morgan fingerprint density at radius 3 is 2.88 bits per heavy atom. The van der Waals surface area contributed by atoms with Crippen LogP contribution in [0.25, 0.3) is 0 Å². The van der Waals surface area contributed by atoms with Gasteiger partial charge in [-0.1, -0.05) is 40.3 Å². The van der Waals surface area contributed by atoms with Crippen molar-refractivity contribution in [3.63, 3.8) is 0 Å². The summed E-state index contributed by atoms with van der Waals surface area (Å²) in [5.74, 6) is -0.574. The summed E-state index contributed by atoms with van der Waals surface area (Å²) in [6.45, 7) is 2.17. The van der Waals surface area contributed by atoms with Gasteiger partial charge in [-0.3, -0.25) is 4.79 Å². The molecule has 0 saturated heterocycles. The molecule has 0 radical (unpaired) electrons. The van der Waals surface area contributed by atoms with Crippen LogP contribution in [0.15, 0.2) is 28.7 Å². The summed E-state index contributed by atoms with van der Waals surface area (Å²) in [7, 11) is 0. The van der Waals surface area contributed by atoms with Crippen LogP contribution < -0.4 is 11.1 Å². The molecule has 1 amide bonds. The maximum Gasteiger partial charge on any atom is 0.229 e. The zero-order valence-corrected chi connectivity index (χ0v) is 11.3. The molecular formula is C11H13BrN2OS. The van der Waals surface area contributed by atoms with E-state index < -0.39 is 5.92 Å². The third-order valence-electron chi connectivity index (χ3n) is 2.18. The van der Waals surface area contributed by atoms with Crippen LogP contribution in [0, 0.1) is 5.92 Å². The average Bonchev–Trinajstić information content (AvgIpc) is 2.24. The molecule has 0 aliphatic carbocycles. The van der Waals surface area contributed by atoms with Gasteiger partial charge in [-0.15, -0.1) is 0 Å². The monoisotopic (exact) mass is 300 g/mol. The Morgan fingerprint density at radius 1 is 1.62 bits per heavy atom. The van der Waals surface area contributed by atoms with Gasteiger partial charge in [0, 0.05) is 11.0 Å². The predicted octanol–water partition coefficient (Wildman–Crippen LogP) is 1.99. The molecular weight excluding hydrogens is 288 g/mol. The van der Waals surface area contributed by atoms with Gasteiger partial charge in [-0.05, 0) is 24.6 Å². The summed E-state index contributed by atoms with van der Waals surface area (Å²) in [4.78, 5) is 11.8. The van der Waals surface area contributed by atoms with Gasteiger partial charge in [0.1, 0.15) is 0 Å². The number of nitrogens with two attached hydrogens (primary N) is 1. The van der Waals surface area contributed by atoms with Crippen LogP contribution >= 0.6 is 28.1 Å². The topological polar surface area (TPSA) is 55.1 Å². The molecule has 86 valence electrons. The molecule has 0 bridgehead atoms. The van der Waals surface area contributed by atoms with Crippen LogP contribution in [-0.4, -0.2) is 10.9 Å². The van der Waals surface area contributed by atoms with Crippen LogP contribution in [0.5, 0.6) is 0 Å². The first-order chi connectivity index (χ1) is 7.50. The Hall–Kier alpha value is -0.940. The molecule has 0 aliphatic rings. The van der Waals surface area contributed by atoms with Gasteiger partial charge in [0.2, 0.25) is 5.91 Å². The number of rotatable bonds is 4. The highest BCUT2D eigenvalue weighted by atomic mass is 79.9. The number of benzene rings is 1. The number of carbonyl (C=O) groups is 1. The molecule has 0 spiro atoms. The fourth-order valence-electron chi connectivity index (χ4n) is 1.12. The van der Waals surface area contributed by atoms with Crippen LogP contribution in [0.1, 0.15) is 12.5 Å². The minimum absolute atomic E-state index is 0.146. The Bertz CT molecular complexity index is 409.